The smallest absolute Gasteiger partial charge is 0.231 e. The molecule has 0 fully saturated rings. The zero-order valence-electron chi connectivity index (χ0n) is 14.4. The Morgan fingerprint density at radius 1 is 1.07 bits per heavy atom. The van der Waals surface area contributed by atoms with Gasteiger partial charge in [-0.15, -0.1) is 5.10 Å². The fourth-order valence-electron chi connectivity index (χ4n) is 3.11. The fourth-order valence-corrected chi connectivity index (χ4v) is 4.57. The molecule has 3 aromatic heterocycles. The third-order valence-corrected chi connectivity index (χ3v) is 5.83. The Kier molecular flexibility index (Phi) is 3.91. The summed E-state index contributed by atoms with van der Waals surface area (Å²) in [4.78, 5) is 4.56. The first kappa shape index (κ1) is 16.4. The largest absolute Gasteiger partial charge is 0.254 e. The standard InChI is InChI=1S/C19H15ClN6S/c1-12-14(17(20)26(24-12)13-7-3-2-4-8-13)11-27-19-23-22-18-21-15-9-5-6-10-16(15)25(18)19/h2-10H,11H2,1H3,(H,21,22). The number of aromatic amines is 1. The molecular formula is C19H15ClN6S. The number of thioether (sulfide) groups is 1. The van der Waals surface area contributed by atoms with Gasteiger partial charge in [0.25, 0.3) is 0 Å². The molecule has 134 valence electrons. The summed E-state index contributed by atoms with van der Waals surface area (Å²) in [5, 5.41) is 13.5. The van der Waals surface area contributed by atoms with Crippen LogP contribution in [-0.4, -0.2) is 29.4 Å². The fraction of sp³-hybridized carbons (Fsp3) is 0.105. The minimum atomic E-state index is 0.633. The minimum Gasteiger partial charge on any atom is -0.254 e. The van der Waals surface area contributed by atoms with E-state index in [-0.39, 0.29) is 0 Å². The van der Waals surface area contributed by atoms with Crippen molar-refractivity contribution in [1.82, 2.24) is 29.4 Å². The molecule has 6 nitrogen and oxygen atoms in total. The van der Waals surface area contributed by atoms with Crippen LogP contribution in [0.3, 0.4) is 0 Å². The summed E-state index contributed by atoms with van der Waals surface area (Å²) >= 11 is 8.25. The minimum absolute atomic E-state index is 0.633. The normalized spacial score (nSPS) is 11.6. The second kappa shape index (κ2) is 6.44. The maximum atomic E-state index is 6.64. The number of H-pyrrole nitrogens is 1. The van der Waals surface area contributed by atoms with Crippen molar-refractivity contribution in [3.05, 3.63) is 71.0 Å². The van der Waals surface area contributed by atoms with E-state index in [2.05, 4.69) is 20.3 Å². The van der Waals surface area contributed by atoms with Gasteiger partial charge >= 0.3 is 0 Å². The van der Waals surface area contributed by atoms with Crippen molar-refractivity contribution in [2.24, 2.45) is 0 Å². The number of rotatable bonds is 4. The molecule has 0 amide bonds. The Balaban J connectivity index is 1.49. The van der Waals surface area contributed by atoms with E-state index in [4.69, 9.17) is 11.6 Å². The van der Waals surface area contributed by atoms with Gasteiger partial charge in [-0.05, 0) is 31.2 Å². The zero-order valence-corrected chi connectivity index (χ0v) is 16.0. The number of aryl methyl sites for hydroxylation is 1. The second-order valence-electron chi connectivity index (χ2n) is 6.16. The third-order valence-electron chi connectivity index (χ3n) is 4.47. The van der Waals surface area contributed by atoms with E-state index in [9.17, 15) is 0 Å². The highest BCUT2D eigenvalue weighted by atomic mass is 35.5. The lowest BCUT2D eigenvalue weighted by Crippen LogP contribution is -1.96. The predicted molar refractivity (Wildman–Crippen MR) is 108 cm³/mol. The first-order chi connectivity index (χ1) is 13.2. The van der Waals surface area contributed by atoms with Crippen LogP contribution in [0.2, 0.25) is 5.15 Å². The van der Waals surface area contributed by atoms with Crippen molar-refractivity contribution < 1.29 is 0 Å². The maximum Gasteiger partial charge on any atom is 0.231 e. The number of aromatic nitrogens is 6. The molecule has 0 aliphatic rings. The Morgan fingerprint density at radius 2 is 1.85 bits per heavy atom. The van der Waals surface area contributed by atoms with E-state index in [1.54, 1.807) is 16.4 Å². The van der Waals surface area contributed by atoms with Gasteiger partial charge in [0.05, 0.1) is 22.4 Å². The summed E-state index contributed by atoms with van der Waals surface area (Å²) in [5.41, 5.74) is 4.85. The second-order valence-corrected chi connectivity index (χ2v) is 7.46. The van der Waals surface area contributed by atoms with Crippen LogP contribution in [0.25, 0.3) is 22.5 Å². The average Bonchev–Trinajstić information content (AvgIpc) is 3.34. The molecule has 0 aliphatic carbocycles. The van der Waals surface area contributed by atoms with Gasteiger partial charge < -0.3 is 0 Å². The molecule has 0 radical (unpaired) electrons. The molecule has 5 aromatic rings. The summed E-state index contributed by atoms with van der Waals surface area (Å²) in [7, 11) is 0. The lowest BCUT2D eigenvalue weighted by atomic mass is 10.3. The number of hydrogen-bond acceptors (Lipinski definition) is 4. The van der Waals surface area contributed by atoms with Crippen molar-refractivity contribution in [3.63, 3.8) is 0 Å². The van der Waals surface area contributed by atoms with E-state index in [0.29, 0.717) is 10.9 Å². The number of nitrogens with zero attached hydrogens (tertiary/aromatic N) is 5. The number of benzene rings is 2. The highest BCUT2D eigenvalue weighted by Gasteiger charge is 2.17. The van der Waals surface area contributed by atoms with Crippen LogP contribution in [0.1, 0.15) is 11.3 Å². The molecule has 27 heavy (non-hydrogen) atoms. The number of imidazole rings is 1. The Hall–Kier alpha value is -2.77. The van der Waals surface area contributed by atoms with Crippen LogP contribution < -0.4 is 0 Å². The number of fused-ring (bicyclic) bond motifs is 3. The number of hydrogen-bond donors (Lipinski definition) is 1. The van der Waals surface area contributed by atoms with E-state index in [0.717, 1.165) is 38.9 Å². The monoisotopic (exact) mass is 394 g/mol. The van der Waals surface area contributed by atoms with Gasteiger partial charge in [0.15, 0.2) is 5.16 Å². The summed E-state index contributed by atoms with van der Waals surface area (Å²) in [6.45, 7) is 1.98. The van der Waals surface area contributed by atoms with Gasteiger partial charge in [-0.2, -0.15) is 5.10 Å². The molecular weight excluding hydrogens is 380 g/mol. The van der Waals surface area contributed by atoms with E-state index < -0.39 is 0 Å². The molecule has 0 bridgehead atoms. The van der Waals surface area contributed by atoms with Gasteiger partial charge in [-0.1, -0.05) is 53.7 Å². The SMILES string of the molecule is Cc1nn(-c2ccccc2)c(Cl)c1CSc1n[nH]c2nc3ccccc3n12. The maximum absolute atomic E-state index is 6.64. The van der Waals surface area contributed by atoms with Gasteiger partial charge in [-0.25, -0.2) is 14.8 Å². The van der Waals surface area contributed by atoms with Gasteiger partial charge in [0.2, 0.25) is 5.78 Å². The molecule has 0 saturated heterocycles. The molecule has 3 heterocycles. The molecule has 0 aliphatic heterocycles. The average molecular weight is 395 g/mol. The van der Waals surface area contributed by atoms with Crippen LogP contribution in [0.5, 0.6) is 0 Å². The quantitative estimate of drug-likeness (QED) is 0.450. The number of nitrogens with one attached hydrogen (secondary N) is 1. The molecule has 0 unspecified atom stereocenters. The van der Waals surface area contributed by atoms with Crippen molar-refractivity contribution >= 4 is 40.2 Å². The number of para-hydroxylation sites is 3. The van der Waals surface area contributed by atoms with Crippen molar-refractivity contribution in [2.45, 2.75) is 17.8 Å². The highest BCUT2D eigenvalue weighted by molar-refractivity contribution is 7.98. The van der Waals surface area contributed by atoms with Crippen molar-refractivity contribution in [1.29, 1.82) is 0 Å². The number of halogens is 1. The lowest BCUT2D eigenvalue weighted by molar-refractivity contribution is 0.863. The Morgan fingerprint density at radius 3 is 2.70 bits per heavy atom. The highest BCUT2D eigenvalue weighted by Crippen LogP contribution is 2.31. The molecule has 0 saturated carbocycles. The summed E-state index contributed by atoms with van der Waals surface area (Å²) in [6.07, 6.45) is 0. The van der Waals surface area contributed by atoms with E-state index in [1.807, 2.05) is 65.9 Å². The molecule has 0 spiro atoms. The molecule has 8 heteroatoms. The molecule has 0 atom stereocenters. The summed E-state index contributed by atoms with van der Waals surface area (Å²) in [6, 6.07) is 17.9. The van der Waals surface area contributed by atoms with E-state index in [1.165, 1.54) is 0 Å². The van der Waals surface area contributed by atoms with Crippen LogP contribution >= 0.6 is 23.4 Å². The zero-order chi connectivity index (χ0) is 18.4. The van der Waals surface area contributed by atoms with E-state index >= 15 is 0 Å². The molecule has 1 N–H and O–H groups in total. The summed E-state index contributed by atoms with van der Waals surface area (Å²) < 4.78 is 3.81. The first-order valence-corrected chi connectivity index (χ1v) is 9.82. The predicted octanol–water partition coefficient (Wildman–Crippen LogP) is 4.65. The summed E-state index contributed by atoms with van der Waals surface area (Å²) in [5.74, 6) is 1.41. The van der Waals surface area contributed by atoms with Gasteiger partial charge in [0.1, 0.15) is 5.15 Å². The third kappa shape index (κ3) is 2.70. The lowest BCUT2D eigenvalue weighted by Gasteiger charge is -2.03. The van der Waals surface area contributed by atoms with Crippen LogP contribution in [0.15, 0.2) is 59.8 Å². The van der Waals surface area contributed by atoms with Crippen molar-refractivity contribution in [3.8, 4) is 5.69 Å². The van der Waals surface area contributed by atoms with Gasteiger partial charge in [-0.3, -0.25) is 4.40 Å². The first-order valence-electron chi connectivity index (χ1n) is 8.46. The topological polar surface area (TPSA) is 63.8 Å². The molecule has 5 rings (SSSR count). The van der Waals surface area contributed by atoms with Crippen LogP contribution in [0.4, 0.5) is 0 Å². The van der Waals surface area contributed by atoms with Gasteiger partial charge in [0, 0.05) is 11.3 Å². The Labute approximate surface area is 164 Å². The molecule has 2 aromatic carbocycles. The Bertz CT molecular complexity index is 1250. The van der Waals surface area contributed by atoms with Crippen LogP contribution in [0, 0.1) is 6.92 Å². The van der Waals surface area contributed by atoms with Crippen LogP contribution in [-0.2, 0) is 5.75 Å². The van der Waals surface area contributed by atoms with Crippen molar-refractivity contribution in [2.75, 3.05) is 0 Å².